The van der Waals surface area contributed by atoms with E-state index in [1.807, 2.05) is 17.5 Å². The van der Waals surface area contributed by atoms with Gasteiger partial charge in [0.25, 0.3) is 5.91 Å². The van der Waals surface area contributed by atoms with Gasteiger partial charge in [0.15, 0.2) is 9.84 Å². The molecular formula is C16H16ClNO3S2. The Labute approximate surface area is 144 Å². The van der Waals surface area contributed by atoms with Gasteiger partial charge in [0.05, 0.1) is 16.5 Å². The molecule has 4 nitrogen and oxygen atoms in total. The number of benzene rings is 1. The van der Waals surface area contributed by atoms with E-state index in [-0.39, 0.29) is 21.4 Å². The van der Waals surface area contributed by atoms with Crippen LogP contribution in [0.5, 0.6) is 0 Å². The van der Waals surface area contributed by atoms with Gasteiger partial charge in [-0.2, -0.15) is 0 Å². The summed E-state index contributed by atoms with van der Waals surface area (Å²) < 4.78 is 23.5. The SMILES string of the molecule is C=CCN(Cc1cccs1)C(=O)c1ccc(Cl)c(S(C)(=O)=O)c1. The first-order chi connectivity index (χ1) is 10.8. The van der Waals surface area contributed by atoms with Crippen LogP contribution in [0.3, 0.4) is 0 Å². The van der Waals surface area contributed by atoms with E-state index < -0.39 is 9.84 Å². The highest BCUT2D eigenvalue weighted by Gasteiger charge is 2.19. The van der Waals surface area contributed by atoms with Crippen LogP contribution in [0.25, 0.3) is 0 Å². The van der Waals surface area contributed by atoms with Crippen molar-refractivity contribution in [1.29, 1.82) is 0 Å². The molecular weight excluding hydrogens is 354 g/mol. The Bertz CT molecular complexity index is 814. The molecule has 2 rings (SSSR count). The molecule has 0 fully saturated rings. The molecule has 0 aliphatic heterocycles. The molecule has 0 aliphatic carbocycles. The average Bonchev–Trinajstić information content (AvgIpc) is 2.98. The summed E-state index contributed by atoms with van der Waals surface area (Å²) in [6.45, 7) is 4.48. The lowest BCUT2D eigenvalue weighted by Crippen LogP contribution is -2.30. The molecule has 1 aromatic carbocycles. The molecule has 0 atom stereocenters. The first-order valence-electron chi connectivity index (χ1n) is 6.75. The summed E-state index contributed by atoms with van der Waals surface area (Å²) in [7, 11) is -3.50. The molecule has 23 heavy (non-hydrogen) atoms. The lowest BCUT2D eigenvalue weighted by Gasteiger charge is -2.21. The van der Waals surface area contributed by atoms with Crippen molar-refractivity contribution in [2.24, 2.45) is 0 Å². The van der Waals surface area contributed by atoms with Gasteiger partial charge in [-0.3, -0.25) is 4.79 Å². The van der Waals surface area contributed by atoms with Gasteiger partial charge < -0.3 is 4.90 Å². The van der Waals surface area contributed by atoms with Crippen molar-refractivity contribution in [3.05, 3.63) is 63.8 Å². The number of sulfone groups is 1. The van der Waals surface area contributed by atoms with Crippen molar-refractivity contribution in [3.8, 4) is 0 Å². The molecule has 0 N–H and O–H groups in total. The van der Waals surface area contributed by atoms with Crippen LogP contribution in [-0.4, -0.2) is 32.0 Å². The number of carbonyl (C=O) groups is 1. The average molecular weight is 370 g/mol. The zero-order valence-electron chi connectivity index (χ0n) is 12.5. The summed E-state index contributed by atoms with van der Waals surface area (Å²) in [6, 6.07) is 8.15. The lowest BCUT2D eigenvalue weighted by atomic mass is 10.2. The van der Waals surface area contributed by atoms with Gasteiger partial charge in [-0.1, -0.05) is 23.7 Å². The van der Waals surface area contributed by atoms with Gasteiger partial charge in [-0.15, -0.1) is 17.9 Å². The summed E-state index contributed by atoms with van der Waals surface area (Å²) >= 11 is 7.48. The third-order valence-corrected chi connectivity index (χ3v) is 5.58. The standard InChI is InChI=1S/C16H16ClNO3S2/c1-3-8-18(11-13-5-4-9-22-13)16(19)12-6-7-14(17)15(10-12)23(2,20)21/h3-7,9-10H,1,8,11H2,2H3. The fourth-order valence-corrected chi connectivity index (χ4v) is 4.09. The molecule has 0 unspecified atom stereocenters. The molecule has 7 heteroatoms. The first-order valence-corrected chi connectivity index (χ1v) is 9.90. The van der Waals surface area contributed by atoms with E-state index in [0.29, 0.717) is 13.1 Å². The van der Waals surface area contributed by atoms with Crippen LogP contribution < -0.4 is 0 Å². The summed E-state index contributed by atoms with van der Waals surface area (Å²) in [6.07, 6.45) is 2.70. The van der Waals surface area contributed by atoms with Crippen LogP contribution in [0.15, 0.2) is 53.3 Å². The van der Waals surface area contributed by atoms with Crippen molar-refractivity contribution in [2.75, 3.05) is 12.8 Å². The van der Waals surface area contributed by atoms with E-state index in [1.165, 1.54) is 18.2 Å². The number of rotatable bonds is 6. The Balaban J connectivity index is 2.34. The molecule has 0 aliphatic rings. The van der Waals surface area contributed by atoms with Crippen LogP contribution in [0.4, 0.5) is 0 Å². The van der Waals surface area contributed by atoms with Crippen molar-refractivity contribution >= 4 is 38.7 Å². The smallest absolute Gasteiger partial charge is 0.254 e. The maximum Gasteiger partial charge on any atom is 0.254 e. The normalized spacial score (nSPS) is 11.2. The van der Waals surface area contributed by atoms with Gasteiger partial charge >= 0.3 is 0 Å². The summed E-state index contributed by atoms with van der Waals surface area (Å²) in [4.78, 5) is 15.3. The van der Waals surface area contributed by atoms with Gasteiger partial charge in [0.1, 0.15) is 0 Å². The maximum atomic E-state index is 12.7. The second-order valence-electron chi connectivity index (χ2n) is 4.97. The number of hydrogen-bond donors (Lipinski definition) is 0. The predicted molar refractivity (Wildman–Crippen MR) is 93.8 cm³/mol. The monoisotopic (exact) mass is 369 g/mol. The number of carbonyl (C=O) groups excluding carboxylic acids is 1. The quantitative estimate of drug-likeness (QED) is 0.730. The molecule has 1 aromatic heterocycles. The Hall–Kier alpha value is -1.63. The van der Waals surface area contributed by atoms with Gasteiger partial charge in [0, 0.05) is 23.2 Å². The summed E-state index contributed by atoms with van der Waals surface area (Å²) in [5.41, 5.74) is 0.285. The van der Waals surface area contributed by atoms with E-state index in [2.05, 4.69) is 6.58 Å². The third-order valence-electron chi connectivity index (χ3n) is 3.14. The van der Waals surface area contributed by atoms with E-state index in [1.54, 1.807) is 22.3 Å². The fraction of sp³-hybridized carbons (Fsp3) is 0.188. The molecule has 0 spiro atoms. The maximum absolute atomic E-state index is 12.7. The zero-order chi connectivity index (χ0) is 17.0. The number of halogens is 1. The largest absolute Gasteiger partial charge is 0.330 e. The Morgan fingerprint density at radius 2 is 2.13 bits per heavy atom. The van der Waals surface area contributed by atoms with E-state index >= 15 is 0 Å². The molecule has 0 saturated heterocycles. The van der Waals surface area contributed by atoms with Crippen LogP contribution >= 0.6 is 22.9 Å². The zero-order valence-corrected chi connectivity index (χ0v) is 14.9. The minimum Gasteiger partial charge on any atom is -0.330 e. The minimum absolute atomic E-state index is 0.0420. The number of thiophene rings is 1. The van der Waals surface area contributed by atoms with Crippen molar-refractivity contribution < 1.29 is 13.2 Å². The highest BCUT2D eigenvalue weighted by Crippen LogP contribution is 2.24. The molecule has 122 valence electrons. The Kier molecular flexibility index (Phi) is 5.62. The van der Waals surface area contributed by atoms with Crippen LogP contribution in [0, 0.1) is 0 Å². The minimum atomic E-state index is -3.50. The number of hydrogen-bond acceptors (Lipinski definition) is 4. The van der Waals surface area contributed by atoms with Crippen LogP contribution in [0.2, 0.25) is 5.02 Å². The predicted octanol–water partition coefficient (Wildman–Crippen LogP) is 3.63. The van der Waals surface area contributed by atoms with Crippen molar-refractivity contribution in [1.82, 2.24) is 4.90 Å². The van der Waals surface area contributed by atoms with Gasteiger partial charge in [-0.05, 0) is 29.6 Å². The topological polar surface area (TPSA) is 54.5 Å². The highest BCUT2D eigenvalue weighted by molar-refractivity contribution is 7.90. The summed E-state index contributed by atoms with van der Waals surface area (Å²) in [5.74, 6) is -0.264. The van der Waals surface area contributed by atoms with Crippen LogP contribution in [0.1, 0.15) is 15.2 Å². The number of amides is 1. The van der Waals surface area contributed by atoms with Gasteiger partial charge in [0.2, 0.25) is 0 Å². The van der Waals surface area contributed by atoms with Crippen molar-refractivity contribution in [2.45, 2.75) is 11.4 Å². The number of nitrogens with zero attached hydrogens (tertiary/aromatic N) is 1. The molecule has 1 heterocycles. The second kappa shape index (κ2) is 7.29. The lowest BCUT2D eigenvalue weighted by molar-refractivity contribution is 0.0764. The Morgan fingerprint density at radius 1 is 1.39 bits per heavy atom. The van der Waals surface area contributed by atoms with Gasteiger partial charge in [-0.25, -0.2) is 8.42 Å². The Morgan fingerprint density at radius 3 is 2.70 bits per heavy atom. The highest BCUT2D eigenvalue weighted by atomic mass is 35.5. The van der Waals surface area contributed by atoms with Crippen molar-refractivity contribution in [3.63, 3.8) is 0 Å². The molecule has 0 bridgehead atoms. The molecule has 0 radical (unpaired) electrons. The fourth-order valence-electron chi connectivity index (χ4n) is 2.07. The van der Waals surface area contributed by atoms with Crippen LogP contribution in [-0.2, 0) is 16.4 Å². The molecule has 2 aromatic rings. The first kappa shape index (κ1) is 17.7. The summed E-state index contributed by atoms with van der Waals surface area (Å²) in [5, 5.41) is 2.05. The van der Waals surface area contributed by atoms with E-state index in [4.69, 9.17) is 11.6 Å². The molecule has 1 amide bonds. The van der Waals surface area contributed by atoms with E-state index in [0.717, 1.165) is 11.1 Å². The third kappa shape index (κ3) is 4.43. The second-order valence-corrected chi connectivity index (χ2v) is 8.39. The van der Waals surface area contributed by atoms with E-state index in [9.17, 15) is 13.2 Å². The molecule has 0 saturated carbocycles.